The molecule has 0 aromatic carbocycles. The van der Waals surface area contributed by atoms with E-state index in [4.69, 9.17) is 0 Å². The van der Waals surface area contributed by atoms with Crippen LogP contribution in [0.25, 0.3) is 0 Å². The van der Waals surface area contributed by atoms with E-state index in [1.165, 1.54) is 77.0 Å². The molecule has 0 saturated carbocycles. The molecule has 0 aliphatic rings. The highest BCUT2D eigenvalue weighted by molar-refractivity contribution is 5.88. The SMILES string of the molecule is CCCCCCCCCCCCCCCc1c(C(=O)O)ccc[n+]1C. The lowest BCUT2D eigenvalue weighted by Crippen LogP contribution is -2.35. The zero-order valence-electron chi connectivity index (χ0n) is 16.4. The zero-order chi connectivity index (χ0) is 18.3. The highest BCUT2D eigenvalue weighted by atomic mass is 16.4. The first-order valence-corrected chi connectivity index (χ1v) is 10.4. The Labute approximate surface area is 154 Å². The minimum atomic E-state index is -0.819. The molecule has 1 rings (SSSR count). The van der Waals surface area contributed by atoms with Crippen molar-refractivity contribution in [3.8, 4) is 0 Å². The quantitative estimate of drug-likeness (QED) is 0.319. The Bertz CT molecular complexity index is 485. The number of aromatic carboxylic acids is 1. The Balaban J connectivity index is 2.02. The fourth-order valence-electron chi connectivity index (χ4n) is 3.46. The van der Waals surface area contributed by atoms with Crippen LogP contribution in [0.1, 0.15) is 106 Å². The second-order valence-electron chi connectivity index (χ2n) is 7.28. The van der Waals surface area contributed by atoms with Gasteiger partial charge in [-0.15, -0.1) is 0 Å². The van der Waals surface area contributed by atoms with Gasteiger partial charge < -0.3 is 5.11 Å². The van der Waals surface area contributed by atoms with Crippen LogP contribution >= 0.6 is 0 Å². The monoisotopic (exact) mass is 348 g/mol. The minimum Gasteiger partial charge on any atom is -0.477 e. The van der Waals surface area contributed by atoms with Crippen LogP contribution in [-0.4, -0.2) is 11.1 Å². The van der Waals surface area contributed by atoms with Crippen molar-refractivity contribution in [1.82, 2.24) is 0 Å². The standard InChI is InChI=1S/C22H37NO2/c1-3-4-5-6-7-8-9-10-11-12-13-14-15-18-21-20(22(24)25)17-16-19-23(21)2/h16-17,19H,3-15,18H2,1-2H3/p+1. The zero-order valence-corrected chi connectivity index (χ0v) is 16.4. The molecule has 3 heteroatoms. The van der Waals surface area contributed by atoms with E-state index in [2.05, 4.69) is 6.92 Å². The van der Waals surface area contributed by atoms with Crippen LogP contribution in [0.5, 0.6) is 0 Å². The van der Waals surface area contributed by atoms with Crippen LogP contribution in [0.4, 0.5) is 0 Å². The normalized spacial score (nSPS) is 11.0. The maximum Gasteiger partial charge on any atom is 0.342 e. The third kappa shape index (κ3) is 9.62. The van der Waals surface area contributed by atoms with E-state index >= 15 is 0 Å². The van der Waals surface area contributed by atoms with Crippen molar-refractivity contribution in [2.24, 2.45) is 7.05 Å². The van der Waals surface area contributed by atoms with Gasteiger partial charge in [-0.05, 0) is 12.5 Å². The van der Waals surface area contributed by atoms with Gasteiger partial charge >= 0.3 is 5.97 Å². The Morgan fingerprint density at radius 2 is 1.36 bits per heavy atom. The van der Waals surface area contributed by atoms with E-state index in [-0.39, 0.29) is 0 Å². The van der Waals surface area contributed by atoms with Crippen molar-refractivity contribution in [2.45, 2.75) is 96.8 Å². The molecule has 0 aliphatic heterocycles. The van der Waals surface area contributed by atoms with Crippen LogP contribution in [0, 0.1) is 0 Å². The molecule has 25 heavy (non-hydrogen) atoms. The number of aryl methyl sites for hydroxylation is 1. The molecule has 1 aromatic heterocycles. The molecule has 0 aliphatic carbocycles. The number of carboxylic acids is 1. The number of carbonyl (C=O) groups is 1. The molecule has 1 aromatic rings. The van der Waals surface area contributed by atoms with Gasteiger partial charge in [0.05, 0.1) is 0 Å². The average molecular weight is 349 g/mol. The molecular formula is C22H38NO2+. The number of hydrogen-bond acceptors (Lipinski definition) is 1. The summed E-state index contributed by atoms with van der Waals surface area (Å²) in [5, 5.41) is 9.28. The Morgan fingerprint density at radius 3 is 1.84 bits per heavy atom. The first-order valence-electron chi connectivity index (χ1n) is 10.4. The second kappa shape index (κ2) is 13.9. The molecule has 0 atom stereocenters. The Kier molecular flexibility index (Phi) is 12.0. The van der Waals surface area contributed by atoms with Gasteiger partial charge in [0.25, 0.3) is 0 Å². The van der Waals surface area contributed by atoms with Crippen molar-refractivity contribution in [3.05, 3.63) is 29.6 Å². The van der Waals surface area contributed by atoms with Gasteiger partial charge in [0.15, 0.2) is 11.9 Å². The van der Waals surface area contributed by atoms with E-state index in [1.54, 1.807) is 12.1 Å². The number of rotatable bonds is 15. The number of aromatic nitrogens is 1. The van der Waals surface area contributed by atoms with Gasteiger partial charge in [-0.25, -0.2) is 9.36 Å². The maximum absolute atomic E-state index is 11.3. The van der Waals surface area contributed by atoms with Crippen molar-refractivity contribution >= 4 is 5.97 Å². The fraction of sp³-hybridized carbons (Fsp3) is 0.727. The van der Waals surface area contributed by atoms with Gasteiger partial charge in [0, 0.05) is 12.5 Å². The van der Waals surface area contributed by atoms with E-state index in [9.17, 15) is 9.90 Å². The summed E-state index contributed by atoms with van der Waals surface area (Å²) < 4.78 is 1.95. The third-order valence-corrected chi connectivity index (χ3v) is 5.06. The van der Waals surface area contributed by atoms with Crippen LogP contribution in [-0.2, 0) is 13.5 Å². The molecule has 3 nitrogen and oxygen atoms in total. The summed E-state index contributed by atoms with van der Waals surface area (Å²) in [5.74, 6) is -0.819. The Morgan fingerprint density at radius 1 is 0.880 bits per heavy atom. The third-order valence-electron chi connectivity index (χ3n) is 5.06. The highest BCUT2D eigenvalue weighted by Gasteiger charge is 2.17. The molecule has 0 fully saturated rings. The summed E-state index contributed by atoms with van der Waals surface area (Å²) in [4.78, 5) is 11.3. The predicted molar refractivity (Wildman–Crippen MR) is 104 cm³/mol. The average Bonchev–Trinajstić information content (AvgIpc) is 2.59. The topological polar surface area (TPSA) is 41.2 Å². The van der Waals surface area contributed by atoms with Crippen LogP contribution in [0.2, 0.25) is 0 Å². The summed E-state index contributed by atoms with van der Waals surface area (Å²) in [6.45, 7) is 2.27. The molecule has 0 amide bonds. The molecule has 0 unspecified atom stereocenters. The molecule has 1 heterocycles. The molecule has 0 bridgehead atoms. The lowest BCUT2D eigenvalue weighted by Gasteiger charge is -2.05. The molecule has 1 N–H and O–H groups in total. The van der Waals surface area contributed by atoms with Gasteiger partial charge in [-0.2, -0.15) is 0 Å². The van der Waals surface area contributed by atoms with Crippen molar-refractivity contribution < 1.29 is 14.5 Å². The lowest BCUT2D eigenvalue weighted by atomic mass is 10.0. The van der Waals surface area contributed by atoms with Gasteiger partial charge in [0.2, 0.25) is 0 Å². The number of pyridine rings is 1. The first kappa shape index (κ1) is 21.7. The molecule has 0 radical (unpaired) electrons. The molecule has 142 valence electrons. The smallest absolute Gasteiger partial charge is 0.342 e. The number of hydrogen-bond donors (Lipinski definition) is 1. The van der Waals surface area contributed by atoms with Crippen molar-refractivity contribution in [3.63, 3.8) is 0 Å². The maximum atomic E-state index is 11.3. The Hall–Kier alpha value is -1.38. The van der Waals surface area contributed by atoms with Crippen molar-refractivity contribution in [1.29, 1.82) is 0 Å². The highest BCUT2D eigenvalue weighted by Crippen LogP contribution is 2.14. The summed E-state index contributed by atoms with van der Waals surface area (Å²) >= 11 is 0. The number of nitrogens with zero attached hydrogens (tertiary/aromatic N) is 1. The molecular weight excluding hydrogens is 310 g/mol. The molecule has 0 saturated heterocycles. The van der Waals surface area contributed by atoms with Gasteiger partial charge in [-0.1, -0.05) is 84.0 Å². The van der Waals surface area contributed by atoms with Gasteiger partial charge in [0.1, 0.15) is 12.6 Å². The van der Waals surface area contributed by atoms with Gasteiger partial charge in [-0.3, -0.25) is 0 Å². The lowest BCUT2D eigenvalue weighted by molar-refractivity contribution is -0.679. The van der Waals surface area contributed by atoms with Crippen LogP contribution < -0.4 is 4.57 Å². The fourth-order valence-corrected chi connectivity index (χ4v) is 3.46. The van der Waals surface area contributed by atoms with E-state index in [0.29, 0.717) is 5.56 Å². The van der Waals surface area contributed by atoms with Crippen LogP contribution in [0.3, 0.4) is 0 Å². The predicted octanol–water partition coefficient (Wildman–Crippen LogP) is 5.84. The minimum absolute atomic E-state index is 0.448. The largest absolute Gasteiger partial charge is 0.477 e. The van der Waals surface area contributed by atoms with Crippen molar-refractivity contribution in [2.75, 3.05) is 0 Å². The number of unbranched alkanes of at least 4 members (excludes halogenated alkanes) is 12. The summed E-state index contributed by atoms with van der Waals surface area (Å²) in [6, 6.07) is 3.51. The van der Waals surface area contributed by atoms with E-state index < -0.39 is 5.97 Å². The van der Waals surface area contributed by atoms with E-state index in [1.807, 2.05) is 17.8 Å². The summed E-state index contributed by atoms with van der Waals surface area (Å²) in [6.07, 6.45) is 20.2. The first-order chi connectivity index (χ1) is 12.2. The molecule has 0 spiro atoms. The van der Waals surface area contributed by atoms with E-state index in [0.717, 1.165) is 18.5 Å². The number of carboxylic acid groups (broad SMARTS) is 1. The summed E-state index contributed by atoms with van der Waals surface area (Å²) in [7, 11) is 1.93. The van der Waals surface area contributed by atoms with Crippen LogP contribution in [0.15, 0.2) is 18.3 Å². The summed E-state index contributed by atoms with van der Waals surface area (Å²) in [5.41, 5.74) is 1.39. The second-order valence-corrected chi connectivity index (χ2v) is 7.28.